The van der Waals surface area contributed by atoms with Crippen LogP contribution in [0.5, 0.6) is 0 Å². The minimum atomic E-state index is -0.155. The molecule has 0 atom stereocenters. The lowest BCUT2D eigenvalue weighted by molar-refractivity contribution is 0.256. The highest BCUT2D eigenvalue weighted by molar-refractivity contribution is 6.05. The summed E-state index contributed by atoms with van der Waals surface area (Å²) in [5, 5.41) is 7.73. The summed E-state index contributed by atoms with van der Waals surface area (Å²) < 4.78 is 0. The molecule has 0 aliphatic rings. The van der Waals surface area contributed by atoms with Gasteiger partial charge in [-0.25, -0.2) is 4.79 Å². The Morgan fingerprint density at radius 3 is 1.91 bits per heavy atom. The van der Waals surface area contributed by atoms with Crippen molar-refractivity contribution in [3.05, 3.63) is 120 Å². The number of anilines is 2. The Morgan fingerprint density at radius 1 is 0.719 bits per heavy atom. The smallest absolute Gasteiger partial charge is 0.308 e. The first-order valence-electron chi connectivity index (χ1n) is 10.8. The zero-order chi connectivity index (χ0) is 21.9. The molecule has 32 heavy (non-hydrogen) atoms. The number of carbonyl (C=O) groups is 1. The molecule has 5 rings (SSSR count). The van der Waals surface area contributed by atoms with Gasteiger partial charge in [0.1, 0.15) is 0 Å². The molecule has 0 heterocycles. The standard InChI is InChI=1S/C29H24N2O/c1-21-15-17-25(18-16-21)31(29(32)30-24-11-3-2-4-12-24)20-28-26-13-7-5-9-22(26)19-23-10-6-8-14-27(23)28/h2-19H,20H2,1H3,(H,30,32). The van der Waals surface area contributed by atoms with Crippen molar-refractivity contribution in [3.63, 3.8) is 0 Å². The molecule has 0 saturated heterocycles. The van der Waals surface area contributed by atoms with Crippen molar-refractivity contribution in [2.24, 2.45) is 0 Å². The van der Waals surface area contributed by atoms with Crippen LogP contribution in [0.25, 0.3) is 21.5 Å². The first kappa shape index (κ1) is 19.8. The molecule has 0 unspecified atom stereocenters. The van der Waals surface area contributed by atoms with E-state index >= 15 is 0 Å². The van der Waals surface area contributed by atoms with Gasteiger partial charge >= 0.3 is 6.03 Å². The molecule has 2 amide bonds. The number of urea groups is 1. The molecule has 5 aromatic carbocycles. The second kappa shape index (κ2) is 8.56. The third kappa shape index (κ3) is 3.93. The Balaban J connectivity index is 1.63. The molecule has 0 bridgehead atoms. The van der Waals surface area contributed by atoms with Crippen LogP contribution in [0, 0.1) is 6.92 Å². The highest BCUT2D eigenvalue weighted by Gasteiger charge is 2.19. The maximum atomic E-state index is 13.5. The number of hydrogen-bond donors (Lipinski definition) is 1. The van der Waals surface area contributed by atoms with E-state index in [9.17, 15) is 4.79 Å². The van der Waals surface area contributed by atoms with Crippen LogP contribution in [-0.2, 0) is 6.54 Å². The maximum Gasteiger partial charge on any atom is 0.326 e. The lowest BCUT2D eigenvalue weighted by atomic mass is 9.96. The van der Waals surface area contributed by atoms with E-state index in [1.165, 1.54) is 10.8 Å². The Bertz CT molecular complexity index is 1340. The van der Waals surface area contributed by atoms with E-state index in [-0.39, 0.29) is 6.03 Å². The number of benzene rings is 5. The number of carbonyl (C=O) groups excluding carboxylic acids is 1. The Morgan fingerprint density at radius 2 is 1.28 bits per heavy atom. The van der Waals surface area contributed by atoms with Crippen molar-refractivity contribution in [1.82, 2.24) is 0 Å². The van der Waals surface area contributed by atoms with Crippen LogP contribution in [0.2, 0.25) is 0 Å². The SMILES string of the molecule is Cc1ccc(N(Cc2c3ccccc3cc3ccccc23)C(=O)Nc2ccccc2)cc1. The molecular formula is C29H24N2O. The van der Waals surface area contributed by atoms with Crippen LogP contribution in [-0.4, -0.2) is 6.03 Å². The average Bonchev–Trinajstić information content (AvgIpc) is 2.83. The van der Waals surface area contributed by atoms with Crippen molar-refractivity contribution in [2.45, 2.75) is 13.5 Å². The van der Waals surface area contributed by atoms with Gasteiger partial charge in [-0.05, 0) is 64.4 Å². The summed E-state index contributed by atoms with van der Waals surface area (Å²) in [5.74, 6) is 0. The second-order valence-electron chi connectivity index (χ2n) is 8.02. The van der Waals surface area contributed by atoms with E-state index in [4.69, 9.17) is 0 Å². The average molecular weight is 417 g/mol. The highest BCUT2D eigenvalue weighted by atomic mass is 16.2. The van der Waals surface area contributed by atoms with Gasteiger partial charge in [0.15, 0.2) is 0 Å². The van der Waals surface area contributed by atoms with Gasteiger partial charge in [0.2, 0.25) is 0 Å². The van der Waals surface area contributed by atoms with Crippen molar-refractivity contribution in [2.75, 3.05) is 10.2 Å². The van der Waals surface area contributed by atoms with Gasteiger partial charge in [-0.2, -0.15) is 0 Å². The largest absolute Gasteiger partial charge is 0.326 e. The normalized spacial score (nSPS) is 10.9. The van der Waals surface area contributed by atoms with Crippen molar-refractivity contribution < 1.29 is 4.79 Å². The van der Waals surface area contributed by atoms with E-state index < -0.39 is 0 Å². The molecule has 0 aliphatic carbocycles. The topological polar surface area (TPSA) is 32.3 Å². The predicted molar refractivity (Wildman–Crippen MR) is 134 cm³/mol. The molecule has 0 aliphatic heterocycles. The van der Waals surface area contributed by atoms with Crippen LogP contribution >= 0.6 is 0 Å². The Kier molecular flexibility index (Phi) is 5.30. The van der Waals surface area contributed by atoms with Crippen LogP contribution < -0.4 is 10.2 Å². The van der Waals surface area contributed by atoms with Gasteiger partial charge in [0, 0.05) is 11.4 Å². The van der Waals surface area contributed by atoms with E-state index in [1.807, 2.05) is 59.5 Å². The molecule has 1 N–H and O–H groups in total. The molecule has 0 spiro atoms. The molecule has 0 aromatic heterocycles. The third-order valence-corrected chi connectivity index (χ3v) is 5.81. The molecule has 0 radical (unpaired) electrons. The molecule has 5 aromatic rings. The number of para-hydroxylation sites is 1. The number of nitrogens with one attached hydrogen (secondary N) is 1. The van der Waals surface area contributed by atoms with Crippen molar-refractivity contribution in [3.8, 4) is 0 Å². The number of hydrogen-bond acceptors (Lipinski definition) is 1. The summed E-state index contributed by atoms with van der Waals surface area (Å²) in [6.07, 6.45) is 0. The number of nitrogens with zero attached hydrogens (tertiary/aromatic N) is 1. The third-order valence-electron chi connectivity index (χ3n) is 5.81. The van der Waals surface area contributed by atoms with Crippen LogP contribution in [0.1, 0.15) is 11.1 Å². The van der Waals surface area contributed by atoms with Gasteiger partial charge in [0.25, 0.3) is 0 Å². The van der Waals surface area contributed by atoms with Crippen molar-refractivity contribution in [1.29, 1.82) is 0 Å². The van der Waals surface area contributed by atoms with Gasteiger partial charge < -0.3 is 5.32 Å². The monoisotopic (exact) mass is 416 g/mol. The van der Waals surface area contributed by atoms with Crippen molar-refractivity contribution >= 4 is 39.0 Å². The lowest BCUT2D eigenvalue weighted by Gasteiger charge is -2.25. The zero-order valence-electron chi connectivity index (χ0n) is 18.0. The summed E-state index contributed by atoms with van der Waals surface area (Å²) >= 11 is 0. The quantitative estimate of drug-likeness (QED) is 0.302. The van der Waals surface area contributed by atoms with Crippen LogP contribution in [0.3, 0.4) is 0 Å². The van der Waals surface area contributed by atoms with E-state index in [0.717, 1.165) is 33.3 Å². The first-order valence-corrected chi connectivity index (χ1v) is 10.8. The number of fused-ring (bicyclic) bond motifs is 2. The maximum absolute atomic E-state index is 13.5. The predicted octanol–water partition coefficient (Wildman–Crippen LogP) is 7.54. The summed E-state index contributed by atoms with van der Waals surface area (Å²) in [5.41, 5.74) is 3.94. The fourth-order valence-electron chi connectivity index (χ4n) is 4.15. The number of amides is 2. The summed E-state index contributed by atoms with van der Waals surface area (Å²) in [6.45, 7) is 2.51. The molecule has 156 valence electrons. The summed E-state index contributed by atoms with van der Waals surface area (Å²) in [6, 6.07) is 36.5. The summed E-state index contributed by atoms with van der Waals surface area (Å²) in [4.78, 5) is 15.3. The molecule has 3 heteroatoms. The zero-order valence-corrected chi connectivity index (χ0v) is 18.0. The molecule has 3 nitrogen and oxygen atoms in total. The lowest BCUT2D eigenvalue weighted by Crippen LogP contribution is -2.34. The van der Waals surface area contributed by atoms with Gasteiger partial charge in [-0.3, -0.25) is 4.90 Å². The molecule has 0 saturated carbocycles. The van der Waals surface area contributed by atoms with Gasteiger partial charge in [-0.15, -0.1) is 0 Å². The van der Waals surface area contributed by atoms with Crippen LogP contribution in [0.15, 0.2) is 109 Å². The van der Waals surface area contributed by atoms with Gasteiger partial charge in [0.05, 0.1) is 6.54 Å². The fourth-order valence-corrected chi connectivity index (χ4v) is 4.15. The number of rotatable bonds is 4. The number of aryl methyl sites for hydroxylation is 1. The minimum absolute atomic E-state index is 0.155. The van der Waals surface area contributed by atoms with E-state index in [1.54, 1.807) is 0 Å². The van der Waals surface area contributed by atoms with Crippen LogP contribution in [0.4, 0.5) is 16.2 Å². The Labute approximate surface area is 187 Å². The van der Waals surface area contributed by atoms with E-state index in [0.29, 0.717) is 6.54 Å². The minimum Gasteiger partial charge on any atom is -0.308 e. The highest BCUT2D eigenvalue weighted by Crippen LogP contribution is 2.31. The second-order valence-corrected chi connectivity index (χ2v) is 8.02. The fraction of sp³-hybridized carbons (Fsp3) is 0.0690. The first-order chi connectivity index (χ1) is 15.7. The Hall–Kier alpha value is -4.11. The van der Waals surface area contributed by atoms with Gasteiger partial charge in [-0.1, -0.05) is 84.4 Å². The molecule has 0 fully saturated rings. The molecular weight excluding hydrogens is 392 g/mol. The van der Waals surface area contributed by atoms with E-state index in [2.05, 4.69) is 66.8 Å². The summed E-state index contributed by atoms with van der Waals surface area (Å²) in [7, 11) is 0.